The van der Waals surface area contributed by atoms with Gasteiger partial charge in [-0.1, -0.05) is 11.3 Å². The first-order valence-electron chi connectivity index (χ1n) is 6.98. The number of rotatable bonds is 5. The zero-order chi connectivity index (χ0) is 12.9. The molecule has 0 saturated heterocycles. The van der Waals surface area contributed by atoms with Crippen molar-refractivity contribution in [3.63, 3.8) is 0 Å². The van der Waals surface area contributed by atoms with Crippen LogP contribution in [-0.2, 0) is 0 Å². The summed E-state index contributed by atoms with van der Waals surface area (Å²) in [6, 6.07) is 6.06. The normalized spacial score (nSPS) is 20.5. The minimum atomic E-state index is 0.621. The number of thiazole rings is 1. The molecule has 2 aromatic rings. The second-order valence-electron chi connectivity index (χ2n) is 5.84. The van der Waals surface area contributed by atoms with Gasteiger partial charge in [0.2, 0.25) is 0 Å². The Labute approximate surface area is 117 Å². The van der Waals surface area contributed by atoms with Gasteiger partial charge in [-0.05, 0) is 55.2 Å². The maximum atomic E-state index is 5.25. The van der Waals surface area contributed by atoms with E-state index in [2.05, 4.69) is 16.4 Å². The molecule has 1 aromatic carbocycles. The predicted molar refractivity (Wildman–Crippen MR) is 79.1 cm³/mol. The van der Waals surface area contributed by atoms with Crippen LogP contribution in [0.25, 0.3) is 10.2 Å². The molecule has 0 amide bonds. The van der Waals surface area contributed by atoms with Crippen molar-refractivity contribution in [3.8, 4) is 5.75 Å². The fraction of sp³-hybridized carbons (Fsp3) is 0.533. The van der Waals surface area contributed by atoms with E-state index in [1.54, 1.807) is 18.4 Å². The average Bonchev–Trinajstić information content (AvgIpc) is 3.31. The van der Waals surface area contributed by atoms with Gasteiger partial charge in [0.05, 0.1) is 17.3 Å². The summed E-state index contributed by atoms with van der Waals surface area (Å²) in [4.78, 5) is 4.65. The highest BCUT2D eigenvalue weighted by atomic mass is 32.1. The lowest BCUT2D eigenvalue weighted by molar-refractivity contribution is 0.415. The highest BCUT2D eigenvalue weighted by molar-refractivity contribution is 7.22. The highest BCUT2D eigenvalue weighted by Crippen LogP contribution is 2.61. The zero-order valence-corrected chi connectivity index (χ0v) is 11.9. The van der Waals surface area contributed by atoms with E-state index in [1.165, 1.54) is 30.4 Å². The van der Waals surface area contributed by atoms with Crippen LogP contribution in [0.2, 0.25) is 0 Å². The second kappa shape index (κ2) is 4.10. The third-order valence-corrected chi connectivity index (χ3v) is 5.50. The minimum absolute atomic E-state index is 0.621. The number of nitrogens with zero attached hydrogens (tertiary/aromatic N) is 1. The number of aromatic nitrogens is 1. The Balaban J connectivity index is 1.51. The molecule has 2 aliphatic rings. The Hall–Kier alpha value is -1.29. The monoisotopic (exact) mass is 274 g/mol. The van der Waals surface area contributed by atoms with Gasteiger partial charge in [0.15, 0.2) is 5.13 Å². The Morgan fingerprint density at radius 3 is 2.95 bits per heavy atom. The summed E-state index contributed by atoms with van der Waals surface area (Å²) < 4.78 is 6.45. The van der Waals surface area contributed by atoms with Gasteiger partial charge in [-0.15, -0.1) is 0 Å². The van der Waals surface area contributed by atoms with Crippen LogP contribution in [0.15, 0.2) is 18.2 Å². The lowest BCUT2D eigenvalue weighted by atomic mass is 10.0. The molecule has 0 atom stereocenters. The van der Waals surface area contributed by atoms with E-state index < -0.39 is 0 Å². The summed E-state index contributed by atoms with van der Waals surface area (Å²) in [5.41, 5.74) is 1.68. The largest absolute Gasteiger partial charge is 0.497 e. The van der Waals surface area contributed by atoms with Crippen LogP contribution in [0.4, 0.5) is 5.13 Å². The average molecular weight is 274 g/mol. The number of ether oxygens (including phenoxy) is 1. The zero-order valence-electron chi connectivity index (χ0n) is 11.1. The smallest absolute Gasteiger partial charge is 0.183 e. The number of benzene rings is 1. The first-order chi connectivity index (χ1) is 9.29. The van der Waals surface area contributed by atoms with Crippen molar-refractivity contribution < 1.29 is 4.74 Å². The summed E-state index contributed by atoms with van der Waals surface area (Å²) in [7, 11) is 1.70. The standard InChI is InChI=1S/C15H18N2OS/c1-18-11-4-5-12-13(8-11)19-14(17-12)16-9-15(6-7-15)10-2-3-10/h4-5,8,10H,2-3,6-7,9H2,1H3,(H,16,17). The third-order valence-electron chi connectivity index (χ3n) is 4.52. The number of nitrogens with one attached hydrogen (secondary N) is 1. The summed E-state index contributed by atoms with van der Waals surface area (Å²) in [6.45, 7) is 1.11. The molecular weight excluding hydrogens is 256 g/mol. The molecule has 4 rings (SSSR count). The molecular formula is C15H18N2OS. The molecule has 3 nitrogen and oxygen atoms in total. The molecule has 0 unspecified atom stereocenters. The van der Waals surface area contributed by atoms with E-state index in [-0.39, 0.29) is 0 Å². The van der Waals surface area contributed by atoms with Crippen molar-refractivity contribution in [2.45, 2.75) is 25.7 Å². The van der Waals surface area contributed by atoms with Gasteiger partial charge in [0.25, 0.3) is 0 Å². The van der Waals surface area contributed by atoms with Crippen LogP contribution in [0, 0.1) is 11.3 Å². The van der Waals surface area contributed by atoms with E-state index in [4.69, 9.17) is 4.74 Å². The fourth-order valence-electron chi connectivity index (χ4n) is 2.94. The Bertz CT molecular complexity index is 614. The van der Waals surface area contributed by atoms with Crippen molar-refractivity contribution >= 4 is 26.7 Å². The molecule has 0 bridgehead atoms. The summed E-state index contributed by atoms with van der Waals surface area (Å²) in [5, 5.41) is 4.61. The Kier molecular flexibility index (Phi) is 2.49. The van der Waals surface area contributed by atoms with Crippen molar-refractivity contribution in [2.75, 3.05) is 19.0 Å². The minimum Gasteiger partial charge on any atom is -0.497 e. The topological polar surface area (TPSA) is 34.1 Å². The van der Waals surface area contributed by atoms with Crippen LogP contribution in [0.1, 0.15) is 25.7 Å². The van der Waals surface area contributed by atoms with E-state index in [1.807, 2.05) is 12.1 Å². The van der Waals surface area contributed by atoms with Crippen molar-refractivity contribution in [2.24, 2.45) is 11.3 Å². The molecule has 1 heterocycles. The quantitative estimate of drug-likeness (QED) is 0.897. The summed E-state index contributed by atoms with van der Waals surface area (Å²) in [5.74, 6) is 1.90. The van der Waals surface area contributed by atoms with Crippen LogP contribution >= 0.6 is 11.3 Å². The Morgan fingerprint density at radius 2 is 2.26 bits per heavy atom. The van der Waals surface area contributed by atoms with Crippen molar-refractivity contribution in [1.29, 1.82) is 0 Å². The van der Waals surface area contributed by atoms with Gasteiger partial charge in [0, 0.05) is 6.54 Å². The molecule has 2 fully saturated rings. The first kappa shape index (κ1) is 11.5. The molecule has 2 saturated carbocycles. The third kappa shape index (κ3) is 2.08. The molecule has 0 spiro atoms. The van der Waals surface area contributed by atoms with Crippen molar-refractivity contribution in [1.82, 2.24) is 4.98 Å². The number of methoxy groups -OCH3 is 1. The van der Waals surface area contributed by atoms with Gasteiger partial charge in [0.1, 0.15) is 5.75 Å². The van der Waals surface area contributed by atoms with Gasteiger partial charge >= 0.3 is 0 Å². The maximum Gasteiger partial charge on any atom is 0.183 e. The molecule has 0 aliphatic heterocycles. The highest BCUT2D eigenvalue weighted by Gasteiger charge is 2.53. The number of hydrogen-bond acceptors (Lipinski definition) is 4. The molecule has 1 N–H and O–H groups in total. The van der Waals surface area contributed by atoms with Crippen LogP contribution in [0.5, 0.6) is 5.75 Å². The van der Waals surface area contributed by atoms with Crippen molar-refractivity contribution in [3.05, 3.63) is 18.2 Å². The fourth-order valence-corrected chi connectivity index (χ4v) is 3.83. The SMILES string of the molecule is COc1ccc2nc(NCC3(C4CC4)CC3)sc2c1. The van der Waals surface area contributed by atoms with E-state index in [9.17, 15) is 0 Å². The first-order valence-corrected chi connectivity index (χ1v) is 7.79. The lowest BCUT2D eigenvalue weighted by Gasteiger charge is -2.13. The van der Waals surface area contributed by atoms with E-state index in [0.717, 1.165) is 28.9 Å². The summed E-state index contributed by atoms with van der Waals surface area (Å²) in [6.07, 6.45) is 5.70. The molecule has 19 heavy (non-hydrogen) atoms. The maximum absolute atomic E-state index is 5.25. The molecule has 4 heteroatoms. The van der Waals surface area contributed by atoms with Crippen LogP contribution in [0.3, 0.4) is 0 Å². The van der Waals surface area contributed by atoms with Gasteiger partial charge in [-0.3, -0.25) is 0 Å². The van der Waals surface area contributed by atoms with Crippen LogP contribution in [-0.4, -0.2) is 18.6 Å². The van der Waals surface area contributed by atoms with E-state index >= 15 is 0 Å². The molecule has 100 valence electrons. The van der Waals surface area contributed by atoms with E-state index in [0.29, 0.717) is 5.41 Å². The molecule has 1 aromatic heterocycles. The predicted octanol–water partition coefficient (Wildman–Crippen LogP) is 3.91. The van der Waals surface area contributed by atoms with Crippen LogP contribution < -0.4 is 10.1 Å². The summed E-state index contributed by atoms with van der Waals surface area (Å²) >= 11 is 1.73. The van der Waals surface area contributed by atoms with Gasteiger partial charge in [-0.25, -0.2) is 4.98 Å². The number of fused-ring (bicyclic) bond motifs is 1. The molecule has 0 radical (unpaired) electrons. The van der Waals surface area contributed by atoms with Gasteiger partial charge < -0.3 is 10.1 Å². The number of anilines is 1. The number of hydrogen-bond donors (Lipinski definition) is 1. The Morgan fingerprint density at radius 1 is 1.42 bits per heavy atom. The second-order valence-corrected chi connectivity index (χ2v) is 6.87. The molecule has 2 aliphatic carbocycles. The van der Waals surface area contributed by atoms with Gasteiger partial charge in [-0.2, -0.15) is 0 Å². The lowest BCUT2D eigenvalue weighted by Crippen LogP contribution is -2.17.